The van der Waals surface area contributed by atoms with Crippen LogP contribution >= 0.6 is 0 Å². The van der Waals surface area contributed by atoms with E-state index < -0.39 is 0 Å². The quantitative estimate of drug-likeness (QED) is 0.616. The minimum atomic E-state index is -0.0610. The molecule has 1 aromatic heterocycles. The molecule has 0 bridgehead atoms. The first kappa shape index (κ1) is 21.2. The lowest BCUT2D eigenvalue weighted by molar-refractivity contribution is -0.132. The van der Waals surface area contributed by atoms with Crippen LogP contribution in [0.4, 0.5) is 5.82 Å². The Morgan fingerprint density at radius 2 is 1.79 bits per heavy atom. The van der Waals surface area contributed by atoms with Crippen molar-refractivity contribution in [2.45, 2.75) is 32.7 Å². The highest BCUT2D eigenvalue weighted by Gasteiger charge is 2.30. The molecule has 2 aromatic carbocycles. The minimum absolute atomic E-state index is 0.0159. The van der Waals surface area contributed by atoms with E-state index in [1.165, 1.54) is 11.1 Å². The van der Waals surface area contributed by atoms with Crippen molar-refractivity contribution in [1.29, 1.82) is 0 Å². The molecule has 0 unspecified atom stereocenters. The zero-order valence-electron chi connectivity index (χ0n) is 19.0. The number of pyridine rings is 1. The fourth-order valence-electron chi connectivity index (χ4n) is 4.60. The summed E-state index contributed by atoms with van der Waals surface area (Å²) < 4.78 is 5.33. The van der Waals surface area contributed by atoms with Gasteiger partial charge in [0.2, 0.25) is 11.8 Å². The SMILES string of the molecule is COc1ccc2c(c1)CN(C(=O)CN1C(=O)CCc3cc(-c4ccc(C)cc4)cnc31)CC2. The number of benzene rings is 2. The molecule has 6 heteroatoms. The topological polar surface area (TPSA) is 62.7 Å². The van der Waals surface area contributed by atoms with Crippen LogP contribution in [-0.4, -0.2) is 41.9 Å². The largest absolute Gasteiger partial charge is 0.497 e. The van der Waals surface area contributed by atoms with Crippen molar-refractivity contribution in [3.63, 3.8) is 0 Å². The summed E-state index contributed by atoms with van der Waals surface area (Å²) in [6.07, 6.45) is 3.62. The predicted molar refractivity (Wildman–Crippen MR) is 127 cm³/mol. The van der Waals surface area contributed by atoms with Crippen molar-refractivity contribution >= 4 is 17.6 Å². The maximum atomic E-state index is 13.2. The highest BCUT2D eigenvalue weighted by atomic mass is 16.5. The Labute approximate surface area is 193 Å². The Bertz CT molecular complexity index is 1220. The number of anilines is 1. The minimum Gasteiger partial charge on any atom is -0.497 e. The summed E-state index contributed by atoms with van der Waals surface area (Å²) in [4.78, 5) is 33.9. The number of aromatic nitrogens is 1. The molecule has 2 aliphatic rings. The molecule has 33 heavy (non-hydrogen) atoms. The fraction of sp³-hybridized carbons (Fsp3) is 0.296. The van der Waals surface area contributed by atoms with Crippen molar-refractivity contribution in [2.75, 3.05) is 25.1 Å². The summed E-state index contributed by atoms with van der Waals surface area (Å²) in [6, 6.07) is 16.4. The van der Waals surface area contributed by atoms with Gasteiger partial charge in [-0.2, -0.15) is 0 Å². The molecule has 6 nitrogen and oxygen atoms in total. The van der Waals surface area contributed by atoms with Gasteiger partial charge in [0.15, 0.2) is 0 Å². The first-order valence-electron chi connectivity index (χ1n) is 11.3. The normalized spacial score (nSPS) is 15.2. The number of rotatable bonds is 4. The molecule has 0 aliphatic carbocycles. The predicted octanol–water partition coefficient (Wildman–Crippen LogP) is 3.93. The highest BCUT2D eigenvalue weighted by Crippen LogP contribution is 2.31. The second-order valence-electron chi connectivity index (χ2n) is 8.75. The molecule has 0 radical (unpaired) electrons. The molecule has 3 aromatic rings. The molecular formula is C27H27N3O3. The first-order valence-corrected chi connectivity index (χ1v) is 11.3. The van der Waals surface area contributed by atoms with Gasteiger partial charge in [0.25, 0.3) is 0 Å². The average molecular weight is 442 g/mol. The van der Waals surface area contributed by atoms with E-state index in [0.717, 1.165) is 34.4 Å². The van der Waals surface area contributed by atoms with E-state index in [-0.39, 0.29) is 18.4 Å². The van der Waals surface area contributed by atoms with Gasteiger partial charge in [0, 0.05) is 31.3 Å². The molecular weight excluding hydrogens is 414 g/mol. The van der Waals surface area contributed by atoms with Gasteiger partial charge in [-0.3, -0.25) is 14.5 Å². The average Bonchev–Trinajstić information content (AvgIpc) is 2.85. The maximum absolute atomic E-state index is 13.2. The zero-order valence-corrected chi connectivity index (χ0v) is 19.0. The lowest BCUT2D eigenvalue weighted by Crippen LogP contribution is -2.46. The smallest absolute Gasteiger partial charge is 0.243 e. The summed E-state index contributed by atoms with van der Waals surface area (Å²) >= 11 is 0. The van der Waals surface area contributed by atoms with E-state index in [1.54, 1.807) is 18.2 Å². The number of nitrogens with zero attached hydrogens (tertiary/aromatic N) is 3. The number of fused-ring (bicyclic) bond motifs is 2. The third kappa shape index (κ3) is 4.21. The van der Waals surface area contributed by atoms with Gasteiger partial charge in [-0.25, -0.2) is 4.98 Å². The number of carbonyl (C=O) groups excluding carboxylic acids is 2. The molecule has 0 N–H and O–H groups in total. The lowest BCUT2D eigenvalue weighted by atomic mass is 9.98. The summed E-state index contributed by atoms with van der Waals surface area (Å²) in [5.74, 6) is 1.28. The van der Waals surface area contributed by atoms with Gasteiger partial charge in [-0.15, -0.1) is 0 Å². The lowest BCUT2D eigenvalue weighted by Gasteiger charge is -2.33. The summed E-state index contributed by atoms with van der Waals surface area (Å²) in [5.41, 5.74) is 6.67. The van der Waals surface area contributed by atoms with Crippen LogP contribution < -0.4 is 9.64 Å². The van der Waals surface area contributed by atoms with Crippen LogP contribution in [0.2, 0.25) is 0 Å². The molecule has 2 aliphatic heterocycles. The Morgan fingerprint density at radius 1 is 0.970 bits per heavy atom. The Balaban J connectivity index is 1.35. The van der Waals surface area contributed by atoms with Gasteiger partial charge in [0.1, 0.15) is 18.1 Å². The third-order valence-corrected chi connectivity index (χ3v) is 6.56. The number of amides is 2. The van der Waals surface area contributed by atoms with E-state index in [0.29, 0.717) is 31.7 Å². The van der Waals surface area contributed by atoms with Crippen LogP contribution in [0.15, 0.2) is 54.7 Å². The molecule has 5 rings (SSSR count). The standard InChI is InChI=1S/C27H27N3O3/c1-18-3-5-19(6-4-18)22-13-21-8-10-25(31)30(27(21)28-15-22)17-26(32)29-12-11-20-7-9-24(33-2)14-23(20)16-29/h3-7,9,13-15H,8,10-12,16-17H2,1-2H3. The molecule has 0 saturated heterocycles. The van der Waals surface area contributed by atoms with Crippen molar-refractivity contribution in [3.05, 3.63) is 77.0 Å². The number of aryl methyl sites for hydroxylation is 2. The molecule has 0 fully saturated rings. The summed E-state index contributed by atoms with van der Waals surface area (Å²) in [6.45, 7) is 3.25. The van der Waals surface area contributed by atoms with E-state index in [1.807, 2.05) is 17.0 Å². The van der Waals surface area contributed by atoms with Crippen LogP contribution in [0.3, 0.4) is 0 Å². The van der Waals surface area contributed by atoms with Gasteiger partial charge in [-0.05, 0) is 60.2 Å². The van der Waals surface area contributed by atoms with Gasteiger partial charge in [-0.1, -0.05) is 35.9 Å². The Kier molecular flexibility index (Phi) is 5.58. The van der Waals surface area contributed by atoms with E-state index >= 15 is 0 Å². The number of carbonyl (C=O) groups is 2. The molecule has 3 heterocycles. The Morgan fingerprint density at radius 3 is 2.58 bits per heavy atom. The van der Waals surface area contributed by atoms with Crippen molar-refractivity contribution in [1.82, 2.24) is 9.88 Å². The molecule has 2 amide bonds. The number of hydrogen-bond donors (Lipinski definition) is 0. The number of hydrogen-bond acceptors (Lipinski definition) is 4. The van der Waals surface area contributed by atoms with Crippen molar-refractivity contribution in [3.8, 4) is 16.9 Å². The summed E-state index contributed by atoms with van der Waals surface area (Å²) in [7, 11) is 1.64. The molecule has 0 spiro atoms. The van der Waals surface area contributed by atoms with Crippen LogP contribution in [0.25, 0.3) is 11.1 Å². The highest BCUT2D eigenvalue weighted by molar-refractivity contribution is 6.00. The number of methoxy groups -OCH3 is 1. The van der Waals surface area contributed by atoms with Gasteiger partial charge in [0.05, 0.1) is 7.11 Å². The molecule has 168 valence electrons. The van der Waals surface area contributed by atoms with Crippen LogP contribution in [0, 0.1) is 6.92 Å². The van der Waals surface area contributed by atoms with Gasteiger partial charge >= 0.3 is 0 Å². The van der Waals surface area contributed by atoms with E-state index in [2.05, 4.69) is 48.3 Å². The van der Waals surface area contributed by atoms with E-state index in [9.17, 15) is 9.59 Å². The molecule has 0 saturated carbocycles. The van der Waals surface area contributed by atoms with Crippen LogP contribution in [0.5, 0.6) is 5.75 Å². The Hall–Kier alpha value is -3.67. The second-order valence-corrected chi connectivity index (χ2v) is 8.75. The van der Waals surface area contributed by atoms with Gasteiger partial charge < -0.3 is 9.64 Å². The monoisotopic (exact) mass is 441 g/mol. The summed E-state index contributed by atoms with van der Waals surface area (Å²) in [5, 5.41) is 0. The fourth-order valence-corrected chi connectivity index (χ4v) is 4.60. The third-order valence-electron chi connectivity index (χ3n) is 6.56. The molecule has 0 atom stereocenters. The first-order chi connectivity index (χ1) is 16.0. The number of ether oxygens (including phenoxy) is 1. The van der Waals surface area contributed by atoms with E-state index in [4.69, 9.17) is 4.74 Å². The van der Waals surface area contributed by atoms with Crippen molar-refractivity contribution < 1.29 is 14.3 Å². The van der Waals surface area contributed by atoms with Crippen LogP contribution in [0.1, 0.15) is 28.7 Å². The van der Waals surface area contributed by atoms with Crippen LogP contribution in [-0.2, 0) is 29.0 Å². The van der Waals surface area contributed by atoms with Crippen molar-refractivity contribution in [2.24, 2.45) is 0 Å². The zero-order chi connectivity index (χ0) is 22.9. The second kappa shape index (κ2) is 8.70. The maximum Gasteiger partial charge on any atom is 0.243 e.